The van der Waals surface area contributed by atoms with Crippen molar-refractivity contribution < 1.29 is 4.79 Å². The smallest absolute Gasteiger partial charge is 0.238 e. The third kappa shape index (κ3) is 3.56. The first kappa shape index (κ1) is 12.1. The van der Waals surface area contributed by atoms with Gasteiger partial charge in [-0.15, -0.1) is 12.3 Å². The highest BCUT2D eigenvalue weighted by Gasteiger charge is 2.24. The molecule has 15 heavy (non-hydrogen) atoms. The van der Waals surface area contributed by atoms with Crippen LogP contribution in [0.2, 0.25) is 0 Å². The number of terminal acetylenes is 1. The average molecular weight is 208 g/mol. The predicted molar refractivity (Wildman–Crippen MR) is 61.0 cm³/mol. The maximum atomic E-state index is 11.6. The molecule has 0 bridgehead atoms. The van der Waals surface area contributed by atoms with E-state index in [0.717, 1.165) is 0 Å². The SMILES string of the molecule is C#CCC(N)C(=O)NC(C)C1CCCC1. The molecule has 1 amide bonds. The molecule has 3 nitrogen and oxygen atoms in total. The van der Waals surface area contributed by atoms with Gasteiger partial charge in [-0.25, -0.2) is 0 Å². The molecule has 0 aromatic rings. The van der Waals surface area contributed by atoms with E-state index in [-0.39, 0.29) is 11.9 Å². The first-order valence-corrected chi connectivity index (χ1v) is 5.64. The van der Waals surface area contributed by atoms with Crippen molar-refractivity contribution in [1.29, 1.82) is 0 Å². The van der Waals surface area contributed by atoms with Crippen molar-refractivity contribution in [3.05, 3.63) is 0 Å². The van der Waals surface area contributed by atoms with Crippen LogP contribution in [0.1, 0.15) is 39.0 Å². The zero-order valence-electron chi connectivity index (χ0n) is 9.33. The van der Waals surface area contributed by atoms with Crippen molar-refractivity contribution in [3.8, 4) is 12.3 Å². The third-order valence-electron chi connectivity index (χ3n) is 3.15. The summed E-state index contributed by atoms with van der Waals surface area (Å²) in [7, 11) is 0. The molecule has 0 saturated heterocycles. The number of hydrogen-bond acceptors (Lipinski definition) is 2. The molecule has 2 unspecified atom stereocenters. The summed E-state index contributed by atoms with van der Waals surface area (Å²) in [6.45, 7) is 2.05. The van der Waals surface area contributed by atoms with Gasteiger partial charge in [-0.3, -0.25) is 4.79 Å². The Hall–Kier alpha value is -1.01. The highest BCUT2D eigenvalue weighted by atomic mass is 16.2. The van der Waals surface area contributed by atoms with Crippen molar-refractivity contribution in [2.45, 2.75) is 51.1 Å². The zero-order chi connectivity index (χ0) is 11.3. The van der Waals surface area contributed by atoms with Crippen molar-refractivity contribution in [2.24, 2.45) is 11.7 Å². The molecule has 0 heterocycles. The lowest BCUT2D eigenvalue weighted by molar-refractivity contribution is -0.123. The van der Waals surface area contributed by atoms with E-state index in [1.165, 1.54) is 25.7 Å². The Balaban J connectivity index is 2.33. The number of rotatable bonds is 4. The monoisotopic (exact) mass is 208 g/mol. The maximum Gasteiger partial charge on any atom is 0.238 e. The molecule has 1 saturated carbocycles. The van der Waals surface area contributed by atoms with E-state index in [9.17, 15) is 4.79 Å². The highest BCUT2D eigenvalue weighted by molar-refractivity contribution is 5.82. The summed E-state index contributed by atoms with van der Waals surface area (Å²) in [6.07, 6.45) is 10.4. The maximum absolute atomic E-state index is 11.6. The van der Waals surface area contributed by atoms with E-state index in [0.29, 0.717) is 12.3 Å². The van der Waals surface area contributed by atoms with Crippen molar-refractivity contribution in [3.63, 3.8) is 0 Å². The van der Waals surface area contributed by atoms with Gasteiger partial charge in [0.1, 0.15) is 0 Å². The molecule has 84 valence electrons. The summed E-state index contributed by atoms with van der Waals surface area (Å²) >= 11 is 0. The van der Waals surface area contributed by atoms with E-state index >= 15 is 0 Å². The average Bonchev–Trinajstić information content (AvgIpc) is 2.70. The number of nitrogens with two attached hydrogens (primary N) is 1. The summed E-state index contributed by atoms with van der Waals surface area (Å²) < 4.78 is 0. The van der Waals surface area contributed by atoms with Crippen LogP contribution < -0.4 is 11.1 Å². The molecule has 3 N–H and O–H groups in total. The van der Waals surface area contributed by atoms with Crippen LogP contribution in [-0.2, 0) is 4.79 Å². The molecular formula is C12H20N2O. The van der Waals surface area contributed by atoms with Gasteiger partial charge in [-0.2, -0.15) is 0 Å². The quantitative estimate of drug-likeness (QED) is 0.678. The minimum absolute atomic E-state index is 0.118. The fourth-order valence-electron chi connectivity index (χ4n) is 2.13. The number of hydrogen-bond donors (Lipinski definition) is 2. The van der Waals surface area contributed by atoms with Gasteiger partial charge in [0.15, 0.2) is 0 Å². The Bertz CT molecular complexity index is 251. The summed E-state index contributed by atoms with van der Waals surface area (Å²) in [6, 6.07) is -0.331. The Morgan fingerprint density at radius 2 is 2.20 bits per heavy atom. The second-order valence-corrected chi connectivity index (χ2v) is 4.36. The Morgan fingerprint density at radius 1 is 1.60 bits per heavy atom. The number of carbonyl (C=O) groups excluding carboxylic acids is 1. The first-order valence-electron chi connectivity index (χ1n) is 5.64. The van der Waals surface area contributed by atoms with Crippen LogP contribution in [0.5, 0.6) is 0 Å². The van der Waals surface area contributed by atoms with E-state index in [4.69, 9.17) is 12.2 Å². The van der Waals surface area contributed by atoms with Crippen LogP contribution in [0.3, 0.4) is 0 Å². The first-order chi connectivity index (χ1) is 7.15. The zero-order valence-corrected chi connectivity index (χ0v) is 9.33. The fraction of sp³-hybridized carbons (Fsp3) is 0.750. The van der Waals surface area contributed by atoms with Crippen LogP contribution in [0.4, 0.5) is 0 Å². The summed E-state index contributed by atoms with van der Waals surface area (Å²) in [5, 5.41) is 2.95. The highest BCUT2D eigenvalue weighted by Crippen LogP contribution is 2.27. The van der Waals surface area contributed by atoms with Crippen molar-refractivity contribution in [1.82, 2.24) is 5.32 Å². The minimum Gasteiger partial charge on any atom is -0.352 e. The Labute approximate surface area is 91.8 Å². The molecular weight excluding hydrogens is 188 g/mol. The molecule has 0 radical (unpaired) electrons. The Kier molecular flexibility index (Phi) is 4.64. The molecule has 1 fully saturated rings. The predicted octanol–water partition coefficient (Wildman–Crippen LogP) is 1.03. The van der Waals surface area contributed by atoms with Gasteiger partial charge >= 0.3 is 0 Å². The van der Waals surface area contributed by atoms with Crippen molar-refractivity contribution in [2.75, 3.05) is 0 Å². The molecule has 0 aromatic heterocycles. The summed E-state index contributed by atoms with van der Waals surface area (Å²) in [5.41, 5.74) is 5.62. The van der Waals surface area contributed by atoms with Crippen molar-refractivity contribution >= 4 is 5.91 Å². The minimum atomic E-state index is -0.557. The van der Waals surface area contributed by atoms with E-state index in [1.807, 2.05) is 0 Å². The van der Waals surface area contributed by atoms with Crippen LogP contribution in [0.25, 0.3) is 0 Å². The van der Waals surface area contributed by atoms with Gasteiger partial charge in [-0.05, 0) is 25.7 Å². The lowest BCUT2D eigenvalue weighted by Crippen LogP contribution is -2.46. The topological polar surface area (TPSA) is 55.1 Å². The standard InChI is InChI=1S/C12H20N2O/c1-3-6-11(13)12(15)14-9(2)10-7-4-5-8-10/h1,9-11H,4-8,13H2,2H3,(H,14,15). The number of nitrogens with one attached hydrogen (secondary N) is 1. The van der Waals surface area contributed by atoms with Gasteiger partial charge in [0.2, 0.25) is 5.91 Å². The van der Waals surface area contributed by atoms with E-state index < -0.39 is 6.04 Å². The Morgan fingerprint density at radius 3 is 2.73 bits per heavy atom. The largest absolute Gasteiger partial charge is 0.352 e. The van der Waals surface area contributed by atoms with Gasteiger partial charge in [0, 0.05) is 12.5 Å². The molecule has 0 spiro atoms. The van der Waals surface area contributed by atoms with Crippen LogP contribution in [0.15, 0.2) is 0 Å². The van der Waals surface area contributed by atoms with E-state index in [1.54, 1.807) is 0 Å². The second-order valence-electron chi connectivity index (χ2n) is 4.36. The van der Waals surface area contributed by atoms with Gasteiger partial charge in [-0.1, -0.05) is 12.8 Å². The van der Waals surface area contributed by atoms with Gasteiger partial charge < -0.3 is 11.1 Å². The lowest BCUT2D eigenvalue weighted by Gasteiger charge is -2.21. The fourth-order valence-corrected chi connectivity index (χ4v) is 2.13. The van der Waals surface area contributed by atoms with Gasteiger partial charge in [0.05, 0.1) is 6.04 Å². The molecule has 3 heteroatoms. The molecule has 0 aromatic carbocycles. The van der Waals surface area contributed by atoms with Crippen LogP contribution >= 0.6 is 0 Å². The lowest BCUT2D eigenvalue weighted by atomic mass is 9.99. The normalized spacial score (nSPS) is 20.6. The number of carbonyl (C=O) groups is 1. The van der Waals surface area contributed by atoms with Crippen LogP contribution in [-0.4, -0.2) is 18.0 Å². The second kappa shape index (κ2) is 5.77. The molecule has 2 atom stereocenters. The molecule has 1 rings (SSSR count). The van der Waals surface area contributed by atoms with Gasteiger partial charge in [0.25, 0.3) is 0 Å². The third-order valence-corrected chi connectivity index (χ3v) is 3.15. The van der Waals surface area contributed by atoms with E-state index in [2.05, 4.69) is 18.2 Å². The summed E-state index contributed by atoms with van der Waals surface area (Å²) in [5.74, 6) is 2.90. The van der Waals surface area contributed by atoms with Crippen LogP contribution in [0, 0.1) is 18.3 Å². The molecule has 1 aliphatic carbocycles. The number of amides is 1. The molecule has 1 aliphatic rings. The molecule has 0 aliphatic heterocycles. The summed E-state index contributed by atoms with van der Waals surface area (Å²) in [4.78, 5) is 11.6.